The van der Waals surface area contributed by atoms with Gasteiger partial charge in [-0.25, -0.2) is 0 Å². The van der Waals surface area contributed by atoms with E-state index in [9.17, 15) is 4.79 Å². The van der Waals surface area contributed by atoms with E-state index in [1.54, 1.807) is 12.1 Å². The van der Waals surface area contributed by atoms with E-state index in [0.29, 0.717) is 16.8 Å². The van der Waals surface area contributed by atoms with Crippen molar-refractivity contribution in [2.75, 3.05) is 6.61 Å². The molecule has 6 heteroatoms. The molecule has 1 amide bonds. The zero-order valence-corrected chi connectivity index (χ0v) is 9.96. The van der Waals surface area contributed by atoms with Crippen LogP contribution in [0.5, 0.6) is 0 Å². The van der Waals surface area contributed by atoms with Gasteiger partial charge in [-0.1, -0.05) is 17.0 Å². The largest absolute Gasteiger partial charge is 0.384 e. The Labute approximate surface area is 109 Å². The van der Waals surface area contributed by atoms with Gasteiger partial charge in [0.05, 0.1) is 17.7 Å². The maximum atomic E-state index is 12.0. The Balaban J connectivity index is 2.10. The highest BCUT2D eigenvalue weighted by molar-refractivity contribution is 5.96. The Hall–Kier alpha value is -2.65. The molecule has 0 bridgehead atoms. The number of rotatable bonds is 3. The van der Waals surface area contributed by atoms with Gasteiger partial charge in [0.1, 0.15) is 18.6 Å². The van der Waals surface area contributed by atoms with Crippen LogP contribution in [0.2, 0.25) is 0 Å². The van der Waals surface area contributed by atoms with Crippen LogP contribution in [-0.2, 0) is 6.54 Å². The summed E-state index contributed by atoms with van der Waals surface area (Å²) < 4.78 is 4.67. The number of aliphatic hydroxyl groups is 1. The minimum Gasteiger partial charge on any atom is -0.384 e. The normalized spacial score (nSPS) is 9.53. The van der Waals surface area contributed by atoms with E-state index < -0.39 is 0 Å². The van der Waals surface area contributed by atoms with Gasteiger partial charge >= 0.3 is 0 Å². The SMILES string of the molecule is O=C(NCc1ccon1)c1ccncc1C#CCO. The molecular formula is C13H11N3O3. The van der Waals surface area contributed by atoms with Crippen molar-refractivity contribution in [1.29, 1.82) is 0 Å². The lowest BCUT2D eigenvalue weighted by atomic mass is 10.1. The summed E-state index contributed by atoms with van der Waals surface area (Å²) in [7, 11) is 0. The smallest absolute Gasteiger partial charge is 0.252 e. The molecule has 0 spiro atoms. The van der Waals surface area contributed by atoms with Crippen molar-refractivity contribution in [2.45, 2.75) is 6.54 Å². The molecule has 6 nitrogen and oxygen atoms in total. The average Bonchev–Trinajstić information content (AvgIpc) is 2.96. The highest BCUT2D eigenvalue weighted by Gasteiger charge is 2.10. The van der Waals surface area contributed by atoms with Crippen LogP contribution in [0.4, 0.5) is 0 Å². The van der Waals surface area contributed by atoms with E-state index in [1.807, 2.05) is 0 Å². The molecule has 0 atom stereocenters. The number of pyridine rings is 1. The zero-order chi connectivity index (χ0) is 13.5. The number of nitrogens with one attached hydrogen (secondary N) is 1. The van der Waals surface area contributed by atoms with Crippen LogP contribution < -0.4 is 5.32 Å². The predicted octanol–water partition coefficient (Wildman–Crippen LogP) is 0.343. The van der Waals surface area contributed by atoms with Crippen LogP contribution in [0.15, 0.2) is 35.3 Å². The highest BCUT2D eigenvalue weighted by atomic mass is 16.5. The van der Waals surface area contributed by atoms with E-state index in [4.69, 9.17) is 5.11 Å². The van der Waals surface area contributed by atoms with Crippen molar-refractivity contribution in [1.82, 2.24) is 15.5 Å². The number of hydrogen-bond donors (Lipinski definition) is 2. The fourth-order valence-electron chi connectivity index (χ4n) is 1.42. The first-order chi connectivity index (χ1) is 9.31. The lowest BCUT2D eigenvalue weighted by Crippen LogP contribution is -2.23. The van der Waals surface area contributed by atoms with Crippen LogP contribution in [-0.4, -0.2) is 27.8 Å². The second kappa shape index (κ2) is 6.33. The maximum Gasteiger partial charge on any atom is 0.252 e. The molecule has 96 valence electrons. The lowest BCUT2D eigenvalue weighted by Gasteiger charge is -2.04. The molecule has 0 saturated heterocycles. The van der Waals surface area contributed by atoms with Gasteiger partial charge in [0.2, 0.25) is 0 Å². The summed E-state index contributed by atoms with van der Waals surface area (Å²) in [6.45, 7) is -0.000578. The number of aliphatic hydroxyl groups excluding tert-OH is 1. The first kappa shape index (κ1) is 12.8. The van der Waals surface area contributed by atoms with Gasteiger partial charge in [0.15, 0.2) is 0 Å². The van der Waals surface area contributed by atoms with E-state index in [1.165, 1.54) is 18.7 Å². The predicted molar refractivity (Wildman–Crippen MR) is 65.9 cm³/mol. The van der Waals surface area contributed by atoms with Gasteiger partial charge in [-0.2, -0.15) is 0 Å². The monoisotopic (exact) mass is 257 g/mol. The summed E-state index contributed by atoms with van der Waals surface area (Å²) in [6, 6.07) is 3.23. The van der Waals surface area contributed by atoms with Gasteiger partial charge in [-0.05, 0) is 6.07 Å². The Morgan fingerprint density at radius 1 is 1.47 bits per heavy atom. The van der Waals surface area contributed by atoms with Crippen molar-refractivity contribution in [3.63, 3.8) is 0 Å². The number of amides is 1. The van der Waals surface area contributed by atoms with Crippen molar-refractivity contribution in [3.8, 4) is 11.8 Å². The molecule has 0 fully saturated rings. The van der Waals surface area contributed by atoms with Crippen LogP contribution in [0.25, 0.3) is 0 Å². The molecule has 2 N–H and O–H groups in total. The molecule has 2 rings (SSSR count). The third-order valence-electron chi connectivity index (χ3n) is 2.29. The first-order valence-corrected chi connectivity index (χ1v) is 5.52. The maximum absolute atomic E-state index is 12.0. The van der Waals surface area contributed by atoms with Crippen molar-refractivity contribution in [3.05, 3.63) is 47.6 Å². The van der Waals surface area contributed by atoms with Crippen molar-refractivity contribution >= 4 is 5.91 Å². The standard InChI is InChI=1S/C13H11N3O3/c17-6-1-2-10-8-14-5-3-12(10)13(18)15-9-11-4-7-19-16-11/h3-5,7-8,17H,6,9H2,(H,15,18). The summed E-state index contributed by atoms with van der Waals surface area (Å²) in [6.07, 6.45) is 4.43. The van der Waals surface area contributed by atoms with E-state index in [2.05, 4.69) is 31.8 Å². The summed E-state index contributed by atoms with van der Waals surface area (Å²) >= 11 is 0. The van der Waals surface area contributed by atoms with E-state index >= 15 is 0 Å². The topological polar surface area (TPSA) is 88.3 Å². The third kappa shape index (κ3) is 3.40. The number of aromatic nitrogens is 2. The Morgan fingerprint density at radius 3 is 3.11 bits per heavy atom. The quantitative estimate of drug-likeness (QED) is 0.774. The number of carbonyl (C=O) groups excluding carboxylic acids is 1. The molecule has 0 saturated carbocycles. The molecule has 0 aliphatic carbocycles. The molecule has 2 aromatic rings. The molecule has 0 aromatic carbocycles. The fourth-order valence-corrected chi connectivity index (χ4v) is 1.42. The summed E-state index contributed by atoms with van der Waals surface area (Å²) in [5, 5.41) is 15.1. The van der Waals surface area contributed by atoms with E-state index in [-0.39, 0.29) is 19.1 Å². The lowest BCUT2D eigenvalue weighted by molar-refractivity contribution is 0.0949. The highest BCUT2D eigenvalue weighted by Crippen LogP contribution is 2.05. The first-order valence-electron chi connectivity index (χ1n) is 5.52. The van der Waals surface area contributed by atoms with Gasteiger partial charge in [0.25, 0.3) is 5.91 Å². The summed E-state index contributed by atoms with van der Waals surface area (Å²) in [5.74, 6) is 4.88. The van der Waals surface area contributed by atoms with Gasteiger partial charge in [0, 0.05) is 18.5 Å². The van der Waals surface area contributed by atoms with Crippen molar-refractivity contribution < 1.29 is 14.4 Å². The third-order valence-corrected chi connectivity index (χ3v) is 2.29. The van der Waals surface area contributed by atoms with Crippen molar-refractivity contribution in [2.24, 2.45) is 0 Å². The number of hydrogen-bond acceptors (Lipinski definition) is 5. The van der Waals surface area contributed by atoms with E-state index in [0.717, 1.165) is 0 Å². The molecule has 0 aliphatic rings. The van der Waals surface area contributed by atoms with Crippen LogP contribution in [0.1, 0.15) is 21.6 Å². The minimum absolute atomic E-state index is 0.268. The molecule has 0 aliphatic heterocycles. The molecule has 2 heterocycles. The number of nitrogens with zero attached hydrogens (tertiary/aromatic N) is 2. The van der Waals surface area contributed by atoms with Crippen LogP contribution in [0.3, 0.4) is 0 Å². The molecular weight excluding hydrogens is 246 g/mol. The van der Waals surface area contributed by atoms with Gasteiger partial charge < -0.3 is 14.9 Å². The second-order valence-corrected chi connectivity index (χ2v) is 3.55. The molecule has 19 heavy (non-hydrogen) atoms. The zero-order valence-electron chi connectivity index (χ0n) is 9.96. The Bertz CT molecular complexity index is 612. The molecule has 0 radical (unpaired) electrons. The fraction of sp³-hybridized carbons (Fsp3) is 0.154. The summed E-state index contributed by atoms with van der Waals surface area (Å²) in [5.41, 5.74) is 1.50. The number of carbonyl (C=O) groups is 1. The van der Waals surface area contributed by atoms with Gasteiger partial charge in [-0.15, -0.1) is 0 Å². The second-order valence-electron chi connectivity index (χ2n) is 3.55. The minimum atomic E-state index is -0.285. The molecule has 0 unspecified atom stereocenters. The van der Waals surface area contributed by atoms with Crippen LogP contribution >= 0.6 is 0 Å². The average molecular weight is 257 g/mol. The summed E-state index contributed by atoms with van der Waals surface area (Å²) in [4.78, 5) is 15.9. The van der Waals surface area contributed by atoms with Gasteiger partial charge in [-0.3, -0.25) is 9.78 Å². The van der Waals surface area contributed by atoms with Crippen LogP contribution in [0, 0.1) is 11.8 Å². The Kier molecular flexibility index (Phi) is 4.26. The molecule has 2 aromatic heterocycles. The Morgan fingerprint density at radius 2 is 2.37 bits per heavy atom.